The summed E-state index contributed by atoms with van der Waals surface area (Å²) in [7, 11) is 0. The van der Waals surface area contributed by atoms with Crippen LogP contribution in [0, 0.1) is 0 Å². The van der Waals surface area contributed by atoms with Gasteiger partial charge in [-0.25, -0.2) is 4.79 Å². The zero-order valence-corrected chi connectivity index (χ0v) is 12.8. The van der Waals surface area contributed by atoms with Gasteiger partial charge in [0.25, 0.3) is 0 Å². The quantitative estimate of drug-likeness (QED) is 0.484. The Labute approximate surface area is 125 Å². The Morgan fingerprint density at radius 1 is 1.24 bits per heavy atom. The van der Waals surface area contributed by atoms with Crippen LogP contribution in [0.2, 0.25) is 0 Å². The van der Waals surface area contributed by atoms with Gasteiger partial charge < -0.3 is 9.57 Å². The van der Waals surface area contributed by atoms with E-state index in [-0.39, 0.29) is 5.97 Å². The van der Waals surface area contributed by atoms with Crippen molar-refractivity contribution < 1.29 is 14.4 Å². The summed E-state index contributed by atoms with van der Waals surface area (Å²) in [5.41, 5.74) is 0.917. The van der Waals surface area contributed by atoms with Crippen LogP contribution in [-0.2, 0) is 14.4 Å². The summed E-state index contributed by atoms with van der Waals surface area (Å²) in [6.45, 7) is 8.27. The summed E-state index contributed by atoms with van der Waals surface area (Å²) < 4.78 is 5.31. The molecule has 21 heavy (non-hydrogen) atoms. The highest BCUT2D eigenvalue weighted by Gasteiger charge is 2.37. The molecule has 0 N–H and O–H groups in total. The number of rotatable bonds is 4. The van der Waals surface area contributed by atoms with Crippen molar-refractivity contribution in [3.05, 3.63) is 35.9 Å². The van der Waals surface area contributed by atoms with E-state index < -0.39 is 5.54 Å². The summed E-state index contributed by atoms with van der Waals surface area (Å²) in [6, 6.07) is 9.64. The minimum absolute atomic E-state index is 0.348. The van der Waals surface area contributed by atoms with Crippen LogP contribution in [0.3, 0.4) is 0 Å². The summed E-state index contributed by atoms with van der Waals surface area (Å²) in [5, 5.41) is 3.96. The number of hydrogen-bond donors (Lipinski definition) is 0. The largest absolute Gasteiger partial charge is 0.379 e. The molecule has 2 rings (SSSR count). The van der Waals surface area contributed by atoms with Crippen LogP contribution in [0.15, 0.2) is 35.5 Å². The molecule has 1 saturated heterocycles. The standard InChI is InChI=1S/C16H22N2O3/c1-13(14-7-5-4-6-8-14)17-21-15(19)16(2,3)18-9-11-20-12-10-18/h4-8H,9-12H2,1-3H3/b17-13+. The Bertz CT molecular complexity index is 506. The van der Waals surface area contributed by atoms with E-state index in [0.29, 0.717) is 18.9 Å². The molecular weight excluding hydrogens is 268 g/mol. The van der Waals surface area contributed by atoms with Gasteiger partial charge in [-0.1, -0.05) is 35.5 Å². The first-order chi connectivity index (χ1) is 10.0. The second-order valence-electron chi connectivity index (χ2n) is 5.58. The Morgan fingerprint density at radius 2 is 1.86 bits per heavy atom. The maximum Gasteiger partial charge on any atom is 0.354 e. The lowest BCUT2D eigenvalue weighted by Gasteiger charge is -2.37. The molecule has 1 fully saturated rings. The normalized spacial score (nSPS) is 17.6. The number of benzene rings is 1. The van der Waals surface area contributed by atoms with Gasteiger partial charge in [-0.05, 0) is 26.3 Å². The van der Waals surface area contributed by atoms with Gasteiger partial charge in [-0.15, -0.1) is 0 Å². The summed E-state index contributed by atoms with van der Waals surface area (Å²) in [4.78, 5) is 19.5. The van der Waals surface area contributed by atoms with Gasteiger partial charge in [-0.3, -0.25) is 4.90 Å². The zero-order valence-electron chi connectivity index (χ0n) is 12.8. The van der Waals surface area contributed by atoms with E-state index in [2.05, 4.69) is 10.1 Å². The van der Waals surface area contributed by atoms with Crippen molar-refractivity contribution in [1.29, 1.82) is 0 Å². The van der Waals surface area contributed by atoms with Crippen LogP contribution in [-0.4, -0.2) is 48.4 Å². The molecular formula is C16H22N2O3. The second-order valence-corrected chi connectivity index (χ2v) is 5.58. The molecule has 0 saturated carbocycles. The van der Waals surface area contributed by atoms with E-state index in [1.54, 1.807) is 0 Å². The van der Waals surface area contributed by atoms with Crippen molar-refractivity contribution in [2.45, 2.75) is 26.3 Å². The van der Waals surface area contributed by atoms with Crippen LogP contribution in [0.25, 0.3) is 0 Å². The average molecular weight is 290 g/mol. The first-order valence-electron chi connectivity index (χ1n) is 7.16. The van der Waals surface area contributed by atoms with Crippen LogP contribution >= 0.6 is 0 Å². The highest BCUT2D eigenvalue weighted by Crippen LogP contribution is 2.18. The maximum atomic E-state index is 12.3. The predicted molar refractivity (Wildman–Crippen MR) is 81.2 cm³/mol. The van der Waals surface area contributed by atoms with E-state index in [4.69, 9.17) is 9.57 Å². The Balaban J connectivity index is 2.00. The van der Waals surface area contributed by atoms with Crippen LogP contribution in [0.5, 0.6) is 0 Å². The summed E-state index contributed by atoms with van der Waals surface area (Å²) >= 11 is 0. The molecule has 1 heterocycles. The van der Waals surface area contributed by atoms with Gasteiger partial charge >= 0.3 is 5.97 Å². The molecule has 1 aromatic rings. The Hall–Kier alpha value is -1.72. The zero-order chi connectivity index (χ0) is 15.3. The number of carbonyl (C=O) groups is 1. The lowest BCUT2D eigenvalue weighted by atomic mass is 10.0. The fourth-order valence-corrected chi connectivity index (χ4v) is 2.21. The van der Waals surface area contributed by atoms with Crippen molar-refractivity contribution >= 4 is 11.7 Å². The van der Waals surface area contributed by atoms with Gasteiger partial charge in [0.15, 0.2) is 0 Å². The van der Waals surface area contributed by atoms with Crippen molar-refractivity contribution in [2.24, 2.45) is 5.16 Å². The minimum Gasteiger partial charge on any atom is -0.379 e. The maximum absolute atomic E-state index is 12.3. The van der Waals surface area contributed by atoms with Gasteiger partial charge in [0.2, 0.25) is 0 Å². The number of ether oxygens (including phenoxy) is 1. The van der Waals surface area contributed by atoms with Crippen molar-refractivity contribution in [3.8, 4) is 0 Å². The molecule has 114 valence electrons. The van der Waals surface area contributed by atoms with E-state index in [1.165, 1.54) is 0 Å². The molecule has 0 spiro atoms. The van der Waals surface area contributed by atoms with Crippen LogP contribution in [0.1, 0.15) is 26.3 Å². The van der Waals surface area contributed by atoms with E-state index >= 15 is 0 Å². The first kappa shape index (κ1) is 15.7. The summed E-state index contributed by atoms with van der Waals surface area (Å²) in [6.07, 6.45) is 0. The van der Waals surface area contributed by atoms with Crippen molar-refractivity contribution in [1.82, 2.24) is 4.90 Å². The lowest BCUT2D eigenvalue weighted by molar-refractivity contribution is -0.159. The Morgan fingerprint density at radius 3 is 2.48 bits per heavy atom. The smallest absolute Gasteiger partial charge is 0.354 e. The topological polar surface area (TPSA) is 51.1 Å². The lowest BCUT2D eigenvalue weighted by Crippen LogP contribution is -2.54. The molecule has 0 atom stereocenters. The monoisotopic (exact) mass is 290 g/mol. The molecule has 0 aliphatic carbocycles. The van der Waals surface area contributed by atoms with Crippen molar-refractivity contribution in [3.63, 3.8) is 0 Å². The average Bonchev–Trinajstić information content (AvgIpc) is 2.53. The first-order valence-corrected chi connectivity index (χ1v) is 7.16. The van der Waals surface area contributed by atoms with Gasteiger partial charge in [0.05, 0.1) is 18.9 Å². The minimum atomic E-state index is -0.704. The molecule has 5 heteroatoms. The van der Waals surface area contributed by atoms with Crippen LogP contribution < -0.4 is 0 Å². The number of nitrogens with zero attached hydrogens (tertiary/aromatic N) is 2. The molecule has 0 unspecified atom stereocenters. The summed E-state index contributed by atoms with van der Waals surface area (Å²) in [5.74, 6) is -0.348. The molecule has 1 aliphatic heterocycles. The number of morpholine rings is 1. The van der Waals surface area contributed by atoms with Gasteiger partial charge in [-0.2, -0.15) is 0 Å². The third kappa shape index (κ3) is 3.89. The molecule has 1 aromatic carbocycles. The molecule has 0 aromatic heterocycles. The highest BCUT2D eigenvalue weighted by atomic mass is 16.7. The van der Waals surface area contributed by atoms with E-state index in [0.717, 1.165) is 18.7 Å². The fourth-order valence-electron chi connectivity index (χ4n) is 2.21. The molecule has 5 nitrogen and oxygen atoms in total. The van der Waals surface area contributed by atoms with E-state index in [1.807, 2.05) is 51.1 Å². The Kier molecular flexibility index (Phi) is 5.09. The van der Waals surface area contributed by atoms with E-state index in [9.17, 15) is 4.79 Å². The third-order valence-corrected chi connectivity index (χ3v) is 3.76. The molecule has 0 bridgehead atoms. The molecule has 1 aliphatic rings. The molecule has 0 amide bonds. The van der Waals surface area contributed by atoms with Crippen molar-refractivity contribution in [2.75, 3.05) is 26.3 Å². The number of hydrogen-bond acceptors (Lipinski definition) is 5. The van der Waals surface area contributed by atoms with Gasteiger partial charge in [0, 0.05) is 13.1 Å². The van der Waals surface area contributed by atoms with Crippen LogP contribution in [0.4, 0.5) is 0 Å². The molecule has 0 radical (unpaired) electrons. The SMILES string of the molecule is C/C(=N\OC(=O)C(C)(C)N1CCOCC1)c1ccccc1. The predicted octanol–water partition coefficient (Wildman–Crippen LogP) is 2.06. The number of oxime groups is 1. The third-order valence-electron chi connectivity index (χ3n) is 3.76. The fraction of sp³-hybridized carbons (Fsp3) is 0.500. The highest BCUT2D eigenvalue weighted by molar-refractivity contribution is 5.98. The second kappa shape index (κ2) is 6.83. The number of carbonyl (C=O) groups excluding carboxylic acids is 1. The van der Waals surface area contributed by atoms with Gasteiger partial charge in [0.1, 0.15) is 5.54 Å².